The fraction of sp³-hybridized carbons (Fsp3) is 0.500. The lowest BCUT2D eigenvalue weighted by molar-refractivity contribution is -0.401. The van der Waals surface area contributed by atoms with Gasteiger partial charge < -0.3 is 0 Å². The molecule has 2 unspecified atom stereocenters. The number of nitrogens with zero attached hydrogens (tertiary/aromatic N) is 4. The number of fused-ring (bicyclic) bond motifs is 2. The highest BCUT2D eigenvalue weighted by molar-refractivity contribution is 7.89. The molecule has 0 N–H and O–H groups in total. The summed E-state index contributed by atoms with van der Waals surface area (Å²) >= 11 is 0. The minimum Gasteiger partial charge on any atom is -0.274 e. The highest BCUT2D eigenvalue weighted by atomic mass is 32.2. The molecular weight excluding hydrogens is 504 g/mol. The first-order chi connectivity index (χ1) is 17.1. The molecule has 7 rings (SSSR count). The lowest BCUT2D eigenvalue weighted by Crippen LogP contribution is -2.50. The maximum Gasteiger partial charge on any atom is 0.243 e. The van der Waals surface area contributed by atoms with E-state index < -0.39 is 32.5 Å². The van der Waals surface area contributed by atoms with Crippen LogP contribution < -0.4 is 0 Å². The van der Waals surface area contributed by atoms with E-state index in [2.05, 4.69) is 0 Å². The van der Waals surface area contributed by atoms with Crippen molar-refractivity contribution >= 4 is 20.0 Å². The molecule has 2 aromatic rings. The molecule has 192 valence electrons. The third kappa shape index (κ3) is 3.23. The van der Waals surface area contributed by atoms with Crippen LogP contribution in [0.3, 0.4) is 0 Å². The summed E-state index contributed by atoms with van der Waals surface area (Å²) in [6.45, 7) is 5.14. The maximum atomic E-state index is 13.3. The minimum absolute atomic E-state index is 0.0843. The Hall–Kier alpha value is -1.90. The van der Waals surface area contributed by atoms with Crippen molar-refractivity contribution < 1.29 is 26.5 Å². The van der Waals surface area contributed by atoms with Crippen LogP contribution >= 0.6 is 0 Å². The molecule has 4 bridgehead atoms. The third-order valence-corrected chi connectivity index (χ3v) is 12.0. The zero-order chi connectivity index (χ0) is 25.0. The largest absolute Gasteiger partial charge is 0.274 e. The van der Waals surface area contributed by atoms with Crippen molar-refractivity contribution in [1.82, 2.24) is 18.7 Å². The number of hydrogen-bond donors (Lipinski definition) is 0. The molecule has 0 saturated carbocycles. The first kappa shape index (κ1) is 23.2. The summed E-state index contributed by atoms with van der Waals surface area (Å²) in [6.07, 6.45) is -0.886. The predicted molar refractivity (Wildman–Crippen MR) is 128 cm³/mol. The molecule has 5 saturated heterocycles. The second kappa shape index (κ2) is 7.81. The van der Waals surface area contributed by atoms with Crippen molar-refractivity contribution in [2.75, 3.05) is 26.2 Å². The Balaban J connectivity index is 1.12. The predicted octanol–water partition coefficient (Wildman–Crippen LogP) is 1.14. The molecule has 0 spiro atoms. The highest BCUT2D eigenvalue weighted by Gasteiger charge is 2.68. The third-order valence-electron chi connectivity index (χ3n) is 8.26. The van der Waals surface area contributed by atoms with Crippen molar-refractivity contribution in [1.29, 1.82) is 0 Å². The molecule has 5 aliphatic rings. The van der Waals surface area contributed by atoms with E-state index in [4.69, 9.17) is 9.68 Å². The van der Waals surface area contributed by atoms with E-state index in [9.17, 15) is 16.8 Å². The molecule has 36 heavy (non-hydrogen) atoms. The SMILES string of the molecule is Cc1ccc(S(=O)(=O)N2C[C@H]3[C@@H](C2)N2O[C@@H]3N3O[C@@H]2[C@@H]2CN(S(=O)(=O)c4ccc(C)cc4)C[C@@H]23)cc1. The van der Waals surface area contributed by atoms with Crippen LogP contribution in [0, 0.1) is 25.7 Å². The second-order valence-electron chi connectivity index (χ2n) is 10.4. The Morgan fingerprint density at radius 2 is 0.972 bits per heavy atom. The summed E-state index contributed by atoms with van der Waals surface area (Å²) < 4.78 is 56.4. The fourth-order valence-electron chi connectivity index (χ4n) is 6.29. The quantitative estimate of drug-likeness (QED) is 0.578. The Labute approximate surface area is 211 Å². The molecule has 0 aromatic heterocycles. The average molecular weight is 533 g/mol. The molecular formula is C24H28N4O6S2. The number of hydrogen-bond acceptors (Lipinski definition) is 8. The lowest BCUT2D eigenvalue weighted by atomic mass is 9.96. The van der Waals surface area contributed by atoms with Crippen molar-refractivity contribution in [3.63, 3.8) is 0 Å². The van der Waals surface area contributed by atoms with Crippen LogP contribution in [0.25, 0.3) is 0 Å². The van der Waals surface area contributed by atoms with Gasteiger partial charge in [-0.1, -0.05) is 35.4 Å². The average Bonchev–Trinajstić information content (AvgIpc) is 3.59. The van der Waals surface area contributed by atoms with Gasteiger partial charge in [0.25, 0.3) is 0 Å². The van der Waals surface area contributed by atoms with E-state index in [-0.39, 0.29) is 23.9 Å². The van der Waals surface area contributed by atoms with Gasteiger partial charge in [-0.25, -0.2) is 16.8 Å². The van der Waals surface area contributed by atoms with E-state index in [0.717, 1.165) is 11.1 Å². The van der Waals surface area contributed by atoms with Crippen molar-refractivity contribution in [3.05, 3.63) is 59.7 Å². The van der Waals surface area contributed by atoms with E-state index in [1.165, 1.54) is 0 Å². The summed E-state index contributed by atoms with van der Waals surface area (Å²) in [5.74, 6) is -0.169. The molecule has 5 aliphatic heterocycles. The highest BCUT2D eigenvalue weighted by Crippen LogP contribution is 2.51. The summed E-state index contributed by atoms with van der Waals surface area (Å²) in [7, 11) is -7.24. The van der Waals surface area contributed by atoms with Gasteiger partial charge in [-0.2, -0.15) is 18.7 Å². The number of aryl methyl sites for hydroxylation is 2. The topological polar surface area (TPSA) is 99.7 Å². The smallest absolute Gasteiger partial charge is 0.243 e. The van der Waals surface area contributed by atoms with Crippen LogP contribution in [-0.2, 0) is 29.7 Å². The number of rotatable bonds is 4. The first-order valence-corrected chi connectivity index (χ1v) is 15.1. The Kier molecular flexibility index (Phi) is 5.04. The monoisotopic (exact) mass is 532 g/mol. The molecule has 12 heteroatoms. The molecule has 5 fully saturated rings. The van der Waals surface area contributed by atoms with Crippen LogP contribution in [0.4, 0.5) is 0 Å². The standard InChI is InChI=1S/C24H28N4O6S2/c1-15-3-7-17(8-4-15)35(29,30)25-11-19-21(13-25)27-24-20-12-26(14-22(20)28(34-24)23(19)33-27)36(31,32)18-9-5-16(2)6-10-18/h3-10,19-24H,11-14H2,1-2H3/t19-,20+,21+,22-,23-,24+. The van der Waals surface area contributed by atoms with Gasteiger partial charge in [-0.15, -0.1) is 0 Å². The van der Waals surface area contributed by atoms with Gasteiger partial charge in [0.05, 0.1) is 21.9 Å². The zero-order valence-electron chi connectivity index (χ0n) is 20.0. The van der Waals surface area contributed by atoms with Crippen LogP contribution in [0.1, 0.15) is 11.1 Å². The second-order valence-corrected chi connectivity index (χ2v) is 14.3. The molecule has 0 amide bonds. The molecule has 2 aromatic carbocycles. The molecule has 0 radical (unpaired) electrons. The van der Waals surface area contributed by atoms with Crippen molar-refractivity contribution in [3.8, 4) is 0 Å². The fourth-order valence-corrected chi connectivity index (χ4v) is 9.28. The van der Waals surface area contributed by atoms with Gasteiger partial charge in [-0.3, -0.25) is 9.68 Å². The summed E-state index contributed by atoms with van der Waals surface area (Å²) in [6, 6.07) is 13.6. The van der Waals surface area contributed by atoms with E-state index in [0.29, 0.717) is 36.0 Å². The van der Waals surface area contributed by atoms with Gasteiger partial charge in [0, 0.05) is 38.0 Å². The normalized spacial score (nSPS) is 37.8. The molecule has 8 atom stereocenters. The summed E-state index contributed by atoms with van der Waals surface area (Å²) in [5, 5.41) is 3.62. The first-order valence-electron chi connectivity index (χ1n) is 12.2. The van der Waals surface area contributed by atoms with Gasteiger partial charge in [0.2, 0.25) is 20.0 Å². The summed E-state index contributed by atoms with van der Waals surface area (Å²) in [5.41, 5.74) is 2.01. The van der Waals surface area contributed by atoms with Gasteiger partial charge in [-0.05, 0) is 38.1 Å². The number of benzene rings is 2. The molecule has 5 heterocycles. The van der Waals surface area contributed by atoms with E-state index in [1.54, 1.807) is 32.9 Å². The van der Waals surface area contributed by atoms with Crippen LogP contribution in [-0.4, -0.2) is 86.3 Å². The van der Waals surface area contributed by atoms with Crippen LogP contribution in [0.2, 0.25) is 0 Å². The van der Waals surface area contributed by atoms with Gasteiger partial charge in [0.1, 0.15) is 0 Å². The molecule has 0 aliphatic carbocycles. The summed E-state index contributed by atoms with van der Waals surface area (Å²) in [4.78, 5) is 13.1. The van der Waals surface area contributed by atoms with Gasteiger partial charge >= 0.3 is 0 Å². The van der Waals surface area contributed by atoms with E-state index >= 15 is 0 Å². The van der Waals surface area contributed by atoms with Gasteiger partial charge in [0.15, 0.2) is 12.5 Å². The Morgan fingerprint density at radius 3 is 1.33 bits per heavy atom. The number of sulfonamides is 2. The van der Waals surface area contributed by atoms with Crippen molar-refractivity contribution in [2.24, 2.45) is 11.8 Å². The van der Waals surface area contributed by atoms with Crippen LogP contribution in [0.15, 0.2) is 58.3 Å². The molecule has 10 nitrogen and oxygen atoms in total. The zero-order valence-corrected chi connectivity index (χ0v) is 21.6. The number of hydroxylamine groups is 4. The Bertz CT molecular complexity index is 1270. The Morgan fingerprint density at radius 1 is 0.611 bits per heavy atom. The maximum absolute atomic E-state index is 13.3. The van der Waals surface area contributed by atoms with E-state index in [1.807, 2.05) is 48.2 Å². The lowest BCUT2D eigenvalue weighted by Gasteiger charge is -2.36. The van der Waals surface area contributed by atoms with Crippen molar-refractivity contribution in [2.45, 2.75) is 48.2 Å². The minimum atomic E-state index is -3.62. The van der Waals surface area contributed by atoms with Crippen LogP contribution in [0.5, 0.6) is 0 Å².